The van der Waals surface area contributed by atoms with Crippen LogP contribution in [0.4, 0.5) is 4.39 Å². The van der Waals surface area contributed by atoms with Gasteiger partial charge in [0.1, 0.15) is 0 Å². The monoisotopic (exact) mass is 416 g/mol. The summed E-state index contributed by atoms with van der Waals surface area (Å²) < 4.78 is 13.4. The topological polar surface area (TPSA) is 88.0 Å². The molecule has 7 heteroatoms. The predicted molar refractivity (Wildman–Crippen MR) is 116 cm³/mol. The standard InChI is InChI=1S/C24H21FN4O2/c1-14-6-7-16(10-19(14)15(2)30)24(31)27-13-18-11-22-17(12-26-18)8-9-21(28-22)20-4-3-5-23(25)29-20/h3-12,15,30H,13H2,1-2H3,(H,27,31)/t15-/m0/s1. The van der Waals surface area contributed by atoms with E-state index in [1.54, 1.807) is 49.5 Å². The van der Waals surface area contributed by atoms with E-state index in [0.717, 1.165) is 16.5 Å². The van der Waals surface area contributed by atoms with Gasteiger partial charge >= 0.3 is 0 Å². The molecule has 0 unspecified atom stereocenters. The summed E-state index contributed by atoms with van der Waals surface area (Å²) in [4.78, 5) is 25.4. The number of hydrogen-bond donors (Lipinski definition) is 2. The van der Waals surface area contributed by atoms with Gasteiger partial charge in [-0.25, -0.2) is 9.97 Å². The highest BCUT2D eigenvalue weighted by atomic mass is 19.1. The fraction of sp³-hybridized carbons (Fsp3) is 0.167. The van der Waals surface area contributed by atoms with Crippen LogP contribution in [-0.2, 0) is 6.54 Å². The quantitative estimate of drug-likeness (QED) is 0.478. The molecule has 0 saturated carbocycles. The molecule has 0 aliphatic carbocycles. The van der Waals surface area contributed by atoms with Crippen LogP contribution in [0.3, 0.4) is 0 Å². The zero-order chi connectivity index (χ0) is 22.0. The van der Waals surface area contributed by atoms with E-state index >= 15 is 0 Å². The molecule has 1 aromatic carbocycles. The molecule has 0 spiro atoms. The fourth-order valence-corrected chi connectivity index (χ4v) is 3.35. The number of halogens is 1. The van der Waals surface area contributed by atoms with Gasteiger partial charge in [-0.1, -0.05) is 12.1 Å². The third kappa shape index (κ3) is 4.57. The first-order chi connectivity index (χ1) is 14.9. The van der Waals surface area contributed by atoms with Crippen molar-refractivity contribution in [1.29, 1.82) is 0 Å². The maximum atomic E-state index is 13.4. The molecule has 0 aliphatic rings. The largest absolute Gasteiger partial charge is 0.389 e. The lowest BCUT2D eigenvalue weighted by Gasteiger charge is -2.11. The smallest absolute Gasteiger partial charge is 0.251 e. The second kappa shape index (κ2) is 8.57. The van der Waals surface area contributed by atoms with Crippen molar-refractivity contribution < 1.29 is 14.3 Å². The first-order valence-corrected chi connectivity index (χ1v) is 9.86. The zero-order valence-corrected chi connectivity index (χ0v) is 17.1. The van der Waals surface area contributed by atoms with Gasteiger partial charge in [-0.15, -0.1) is 0 Å². The number of aryl methyl sites for hydroxylation is 1. The maximum Gasteiger partial charge on any atom is 0.251 e. The first kappa shape index (κ1) is 20.6. The Labute approximate surface area is 178 Å². The van der Waals surface area contributed by atoms with Crippen LogP contribution in [0.25, 0.3) is 22.3 Å². The zero-order valence-electron chi connectivity index (χ0n) is 17.1. The Bertz CT molecular complexity index is 1270. The number of nitrogens with one attached hydrogen (secondary N) is 1. The average Bonchev–Trinajstić information content (AvgIpc) is 2.77. The van der Waals surface area contributed by atoms with Crippen molar-refractivity contribution in [1.82, 2.24) is 20.3 Å². The second-order valence-corrected chi connectivity index (χ2v) is 7.34. The van der Waals surface area contributed by atoms with E-state index in [1.165, 1.54) is 6.07 Å². The van der Waals surface area contributed by atoms with Gasteiger partial charge in [-0.2, -0.15) is 4.39 Å². The number of rotatable bonds is 5. The molecule has 31 heavy (non-hydrogen) atoms. The highest BCUT2D eigenvalue weighted by molar-refractivity contribution is 5.94. The Kier molecular flexibility index (Phi) is 5.68. The number of pyridine rings is 3. The highest BCUT2D eigenvalue weighted by Crippen LogP contribution is 2.21. The summed E-state index contributed by atoms with van der Waals surface area (Å²) in [7, 11) is 0. The van der Waals surface area contributed by atoms with Crippen molar-refractivity contribution in [2.75, 3.05) is 0 Å². The van der Waals surface area contributed by atoms with Crippen LogP contribution in [0.5, 0.6) is 0 Å². The lowest BCUT2D eigenvalue weighted by Crippen LogP contribution is -2.23. The SMILES string of the molecule is Cc1ccc(C(=O)NCc2cc3nc(-c4cccc(F)n4)ccc3cn2)cc1[C@H](C)O. The minimum Gasteiger partial charge on any atom is -0.389 e. The van der Waals surface area contributed by atoms with Crippen molar-refractivity contribution >= 4 is 16.8 Å². The molecule has 0 radical (unpaired) electrons. The lowest BCUT2D eigenvalue weighted by atomic mass is 10.0. The van der Waals surface area contributed by atoms with Gasteiger partial charge in [-0.3, -0.25) is 9.78 Å². The number of hydrogen-bond acceptors (Lipinski definition) is 5. The number of carbonyl (C=O) groups is 1. The molecule has 0 aliphatic heterocycles. The Hall–Kier alpha value is -3.71. The van der Waals surface area contributed by atoms with Crippen LogP contribution >= 0.6 is 0 Å². The molecule has 0 bridgehead atoms. The molecule has 4 aromatic rings. The van der Waals surface area contributed by atoms with Crippen molar-refractivity contribution in [3.63, 3.8) is 0 Å². The normalized spacial score (nSPS) is 12.0. The van der Waals surface area contributed by atoms with Crippen molar-refractivity contribution in [2.24, 2.45) is 0 Å². The minimum atomic E-state index is -0.650. The molecule has 3 aromatic heterocycles. The average molecular weight is 416 g/mol. The molecular formula is C24H21FN4O2. The van der Waals surface area contributed by atoms with E-state index in [0.29, 0.717) is 28.2 Å². The van der Waals surface area contributed by atoms with Gasteiger partial charge < -0.3 is 10.4 Å². The number of nitrogens with zero attached hydrogens (tertiary/aromatic N) is 3. The number of amides is 1. The van der Waals surface area contributed by atoms with Gasteiger partial charge in [0.2, 0.25) is 5.95 Å². The van der Waals surface area contributed by atoms with Gasteiger partial charge in [0.15, 0.2) is 0 Å². The van der Waals surface area contributed by atoms with Crippen molar-refractivity contribution in [2.45, 2.75) is 26.5 Å². The van der Waals surface area contributed by atoms with Crippen molar-refractivity contribution in [3.8, 4) is 11.4 Å². The van der Waals surface area contributed by atoms with Crippen LogP contribution in [0.15, 0.2) is 60.8 Å². The maximum absolute atomic E-state index is 13.4. The molecule has 0 fully saturated rings. The van der Waals surface area contributed by atoms with Crippen LogP contribution in [0.1, 0.15) is 40.2 Å². The highest BCUT2D eigenvalue weighted by Gasteiger charge is 2.12. The van der Waals surface area contributed by atoms with E-state index in [1.807, 2.05) is 19.1 Å². The number of fused-ring (bicyclic) bond motifs is 1. The van der Waals surface area contributed by atoms with Crippen LogP contribution in [0, 0.1) is 12.9 Å². The Balaban J connectivity index is 1.53. The lowest BCUT2D eigenvalue weighted by molar-refractivity contribution is 0.0950. The Morgan fingerprint density at radius 1 is 1.10 bits per heavy atom. The van der Waals surface area contributed by atoms with Crippen LogP contribution < -0.4 is 5.32 Å². The van der Waals surface area contributed by atoms with E-state index in [2.05, 4.69) is 20.3 Å². The third-order valence-corrected chi connectivity index (χ3v) is 5.03. The molecule has 156 valence electrons. The number of carbonyl (C=O) groups excluding carboxylic acids is 1. The number of aliphatic hydroxyl groups is 1. The molecule has 0 saturated heterocycles. The summed E-state index contributed by atoms with van der Waals surface area (Å²) in [5.41, 5.74) is 4.44. The molecule has 3 heterocycles. The summed E-state index contributed by atoms with van der Waals surface area (Å²) in [6.07, 6.45) is 1.03. The van der Waals surface area contributed by atoms with Crippen molar-refractivity contribution in [3.05, 3.63) is 89.1 Å². The van der Waals surface area contributed by atoms with Gasteiger partial charge in [0.25, 0.3) is 5.91 Å². The summed E-state index contributed by atoms with van der Waals surface area (Å²) in [5, 5.41) is 13.5. The molecule has 1 amide bonds. The molecule has 1 atom stereocenters. The summed E-state index contributed by atoms with van der Waals surface area (Å²) in [6.45, 7) is 3.78. The van der Waals surface area contributed by atoms with Gasteiger partial charge in [0, 0.05) is 17.1 Å². The molecule has 6 nitrogen and oxygen atoms in total. The van der Waals surface area contributed by atoms with E-state index in [4.69, 9.17) is 0 Å². The third-order valence-electron chi connectivity index (χ3n) is 5.03. The van der Waals surface area contributed by atoms with Gasteiger partial charge in [0.05, 0.1) is 35.2 Å². The van der Waals surface area contributed by atoms with E-state index < -0.39 is 12.1 Å². The number of aromatic nitrogens is 3. The van der Waals surface area contributed by atoms with Gasteiger partial charge in [-0.05, 0) is 67.4 Å². The molecule has 4 rings (SSSR count). The van der Waals surface area contributed by atoms with Crippen LogP contribution in [-0.4, -0.2) is 26.0 Å². The Morgan fingerprint density at radius 3 is 2.68 bits per heavy atom. The van der Waals surface area contributed by atoms with Crippen LogP contribution in [0.2, 0.25) is 0 Å². The fourth-order valence-electron chi connectivity index (χ4n) is 3.35. The molecule has 2 N–H and O–H groups in total. The first-order valence-electron chi connectivity index (χ1n) is 9.86. The Morgan fingerprint density at radius 2 is 1.90 bits per heavy atom. The second-order valence-electron chi connectivity index (χ2n) is 7.34. The van der Waals surface area contributed by atoms with E-state index in [-0.39, 0.29) is 12.5 Å². The van der Waals surface area contributed by atoms with E-state index in [9.17, 15) is 14.3 Å². The predicted octanol–water partition coefficient (Wildman–Crippen LogP) is 4.12. The molecular weight excluding hydrogens is 395 g/mol. The summed E-state index contributed by atoms with van der Waals surface area (Å²) in [5.74, 6) is -0.818. The summed E-state index contributed by atoms with van der Waals surface area (Å²) >= 11 is 0. The summed E-state index contributed by atoms with van der Waals surface area (Å²) in [6, 6.07) is 15.2. The minimum absolute atomic E-state index is 0.219. The number of aliphatic hydroxyl groups excluding tert-OH is 1. The number of benzene rings is 1.